The molecule has 0 aliphatic heterocycles. The summed E-state index contributed by atoms with van der Waals surface area (Å²) in [6.07, 6.45) is 0. The first-order valence-electron chi connectivity index (χ1n) is 8.39. The van der Waals surface area contributed by atoms with Crippen LogP contribution in [0.3, 0.4) is 0 Å². The smallest absolute Gasteiger partial charge is 0.312 e. The summed E-state index contributed by atoms with van der Waals surface area (Å²) in [5.74, 6) is -0.231. The summed E-state index contributed by atoms with van der Waals surface area (Å²) < 4.78 is 0. The van der Waals surface area contributed by atoms with Gasteiger partial charge < -0.3 is 11.1 Å². The van der Waals surface area contributed by atoms with Crippen LogP contribution in [0, 0.1) is 13.8 Å². The molecule has 3 amide bonds. The van der Waals surface area contributed by atoms with E-state index in [2.05, 4.69) is 41.6 Å². The van der Waals surface area contributed by atoms with E-state index in [-0.39, 0.29) is 5.91 Å². The highest BCUT2D eigenvalue weighted by molar-refractivity contribution is 7.14. The van der Waals surface area contributed by atoms with E-state index in [9.17, 15) is 9.59 Å². The van der Waals surface area contributed by atoms with Crippen molar-refractivity contribution in [2.75, 3.05) is 5.32 Å². The Morgan fingerprint density at radius 3 is 2.48 bits per heavy atom. The lowest BCUT2D eigenvalue weighted by Crippen LogP contribution is -2.28. The second-order valence-electron chi connectivity index (χ2n) is 6.21. The topological polar surface area (TPSA) is 97.1 Å². The number of aryl methyl sites for hydroxylation is 2. The van der Waals surface area contributed by atoms with Gasteiger partial charge in [-0.3, -0.25) is 10.1 Å². The molecule has 7 heteroatoms. The summed E-state index contributed by atoms with van der Waals surface area (Å²) in [4.78, 5) is 27.6. The van der Waals surface area contributed by atoms with Gasteiger partial charge in [-0.25, -0.2) is 9.78 Å². The van der Waals surface area contributed by atoms with Gasteiger partial charge in [-0.2, -0.15) is 0 Å². The number of hydrogen-bond donors (Lipinski definition) is 3. The molecular formula is C20H20N4O2S. The maximum Gasteiger partial charge on any atom is 0.312 e. The molecular weight excluding hydrogens is 360 g/mol. The summed E-state index contributed by atoms with van der Waals surface area (Å²) in [6, 6.07) is 12.5. The number of aromatic nitrogens is 1. The fourth-order valence-electron chi connectivity index (χ4n) is 2.50. The maximum absolute atomic E-state index is 12.4. The van der Waals surface area contributed by atoms with Gasteiger partial charge in [0.25, 0.3) is 5.91 Å². The molecule has 0 saturated heterocycles. The minimum Gasteiger partial charge on any atom is -0.352 e. The van der Waals surface area contributed by atoms with E-state index in [1.165, 1.54) is 22.5 Å². The Balaban J connectivity index is 1.67. The summed E-state index contributed by atoms with van der Waals surface area (Å²) >= 11 is 1.39. The number of carbonyl (C=O) groups is 2. The number of nitrogens with one attached hydrogen (secondary N) is 2. The van der Waals surface area contributed by atoms with Crippen molar-refractivity contribution < 1.29 is 9.59 Å². The van der Waals surface area contributed by atoms with Crippen LogP contribution in [0.25, 0.3) is 11.3 Å². The quantitative estimate of drug-likeness (QED) is 0.627. The van der Waals surface area contributed by atoms with Crippen molar-refractivity contribution in [3.8, 4) is 11.3 Å². The molecule has 0 aliphatic carbocycles. The molecule has 2 aromatic carbocycles. The molecule has 27 heavy (non-hydrogen) atoms. The van der Waals surface area contributed by atoms with E-state index in [0.717, 1.165) is 16.8 Å². The lowest BCUT2D eigenvalue weighted by molar-refractivity contribution is 0.102. The normalized spacial score (nSPS) is 10.4. The third kappa shape index (κ3) is 4.71. The average Bonchev–Trinajstić information content (AvgIpc) is 3.11. The molecule has 138 valence electrons. The van der Waals surface area contributed by atoms with Gasteiger partial charge in [-0.15, -0.1) is 11.3 Å². The van der Waals surface area contributed by atoms with E-state index in [4.69, 9.17) is 5.73 Å². The fourth-order valence-corrected chi connectivity index (χ4v) is 3.21. The van der Waals surface area contributed by atoms with Crippen molar-refractivity contribution >= 4 is 28.4 Å². The molecule has 3 rings (SSSR count). The number of hydrogen-bond acceptors (Lipinski definition) is 4. The maximum atomic E-state index is 12.4. The Labute approximate surface area is 161 Å². The zero-order chi connectivity index (χ0) is 19.4. The van der Waals surface area contributed by atoms with E-state index >= 15 is 0 Å². The highest BCUT2D eigenvalue weighted by Gasteiger charge is 2.10. The second-order valence-corrected chi connectivity index (χ2v) is 7.06. The van der Waals surface area contributed by atoms with E-state index in [0.29, 0.717) is 17.2 Å². The lowest BCUT2D eigenvalue weighted by Gasteiger charge is -2.05. The SMILES string of the molecule is Cc1ccc(-c2csc(NC(=O)c3ccc(CNC(N)=O)cc3)n2)cc1C. The van der Waals surface area contributed by atoms with Gasteiger partial charge >= 0.3 is 6.03 Å². The number of anilines is 1. The molecule has 0 saturated carbocycles. The molecule has 0 radical (unpaired) electrons. The van der Waals surface area contributed by atoms with Gasteiger partial charge in [0.05, 0.1) is 5.69 Å². The number of thiazole rings is 1. The van der Waals surface area contributed by atoms with Gasteiger partial charge in [0, 0.05) is 23.1 Å². The molecule has 0 aliphatic rings. The van der Waals surface area contributed by atoms with Crippen LogP contribution in [0.5, 0.6) is 0 Å². The first kappa shape index (κ1) is 18.6. The van der Waals surface area contributed by atoms with Crippen molar-refractivity contribution in [2.24, 2.45) is 5.73 Å². The number of carbonyl (C=O) groups excluding carboxylic acids is 2. The third-order valence-electron chi connectivity index (χ3n) is 4.21. The van der Waals surface area contributed by atoms with E-state index in [1.807, 2.05) is 11.4 Å². The fraction of sp³-hybridized carbons (Fsp3) is 0.150. The summed E-state index contributed by atoms with van der Waals surface area (Å²) in [5, 5.41) is 7.81. The predicted molar refractivity (Wildman–Crippen MR) is 108 cm³/mol. The van der Waals surface area contributed by atoms with Gasteiger partial charge in [0.15, 0.2) is 5.13 Å². The summed E-state index contributed by atoms with van der Waals surface area (Å²) in [6.45, 7) is 4.46. The minimum atomic E-state index is -0.583. The molecule has 0 spiro atoms. The highest BCUT2D eigenvalue weighted by atomic mass is 32.1. The second kappa shape index (κ2) is 8.01. The Hall–Kier alpha value is -3.19. The van der Waals surface area contributed by atoms with Crippen molar-refractivity contribution in [3.05, 3.63) is 70.1 Å². The van der Waals surface area contributed by atoms with Crippen molar-refractivity contribution in [1.29, 1.82) is 0 Å². The lowest BCUT2D eigenvalue weighted by atomic mass is 10.1. The molecule has 0 fully saturated rings. The summed E-state index contributed by atoms with van der Waals surface area (Å²) in [7, 11) is 0. The number of rotatable bonds is 5. The minimum absolute atomic E-state index is 0.231. The van der Waals surface area contributed by atoms with Crippen LogP contribution in [-0.2, 0) is 6.54 Å². The molecule has 4 N–H and O–H groups in total. The number of primary amides is 1. The largest absolute Gasteiger partial charge is 0.352 e. The number of urea groups is 1. The van der Waals surface area contributed by atoms with Crippen LogP contribution < -0.4 is 16.4 Å². The first-order valence-corrected chi connectivity index (χ1v) is 9.27. The Kier molecular flexibility index (Phi) is 5.52. The molecule has 1 heterocycles. The van der Waals surface area contributed by atoms with Crippen molar-refractivity contribution in [2.45, 2.75) is 20.4 Å². The Morgan fingerprint density at radius 2 is 1.81 bits per heavy atom. The number of nitrogens with zero attached hydrogens (tertiary/aromatic N) is 1. The van der Waals surface area contributed by atoms with Crippen LogP contribution in [-0.4, -0.2) is 16.9 Å². The summed E-state index contributed by atoms with van der Waals surface area (Å²) in [5.41, 5.74) is 10.7. The standard InChI is InChI=1S/C20H20N4O2S/c1-12-3-6-16(9-13(12)2)17-11-27-20(23-17)24-18(25)15-7-4-14(5-8-15)10-22-19(21)26/h3-9,11H,10H2,1-2H3,(H3,21,22,26)(H,23,24,25). The Bertz CT molecular complexity index is 980. The average molecular weight is 380 g/mol. The monoisotopic (exact) mass is 380 g/mol. The number of nitrogens with two attached hydrogens (primary N) is 1. The predicted octanol–water partition coefficient (Wildman–Crippen LogP) is 3.85. The van der Waals surface area contributed by atoms with Gasteiger partial charge in [0.1, 0.15) is 0 Å². The molecule has 0 bridgehead atoms. The van der Waals surface area contributed by atoms with E-state index in [1.54, 1.807) is 24.3 Å². The third-order valence-corrected chi connectivity index (χ3v) is 4.97. The van der Waals surface area contributed by atoms with Gasteiger partial charge in [-0.05, 0) is 48.7 Å². The van der Waals surface area contributed by atoms with Crippen LogP contribution in [0.1, 0.15) is 27.0 Å². The van der Waals surface area contributed by atoms with Crippen LogP contribution in [0.15, 0.2) is 47.8 Å². The molecule has 0 atom stereocenters. The van der Waals surface area contributed by atoms with Gasteiger partial charge in [0.2, 0.25) is 0 Å². The van der Waals surface area contributed by atoms with Crippen LogP contribution in [0.4, 0.5) is 9.93 Å². The molecule has 1 aromatic heterocycles. The van der Waals surface area contributed by atoms with Crippen LogP contribution >= 0.6 is 11.3 Å². The van der Waals surface area contributed by atoms with Crippen molar-refractivity contribution in [1.82, 2.24) is 10.3 Å². The highest BCUT2D eigenvalue weighted by Crippen LogP contribution is 2.26. The molecule has 0 unspecified atom stereocenters. The molecule has 6 nitrogen and oxygen atoms in total. The zero-order valence-electron chi connectivity index (χ0n) is 15.1. The van der Waals surface area contributed by atoms with Gasteiger partial charge in [-0.1, -0.05) is 24.3 Å². The number of benzene rings is 2. The molecule has 3 aromatic rings. The van der Waals surface area contributed by atoms with Crippen molar-refractivity contribution in [3.63, 3.8) is 0 Å². The first-order chi connectivity index (χ1) is 12.9. The zero-order valence-corrected chi connectivity index (χ0v) is 15.9. The van der Waals surface area contributed by atoms with E-state index < -0.39 is 6.03 Å². The number of amides is 3. The van der Waals surface area contributed by atoms with Crippen LogP contribution in [0.2, 0.25) is 0 Å². The Morgan fingerprint density at radius 1 is 1.07 bits per heavy atom.